The summed E-state index contributed by atoms with van der Waals surface area (Å²) >= 11 is 0. The lowest BCUT2D eigenvalue weighted by Crippen LogP contribution is -2.37. The Morgan fingerprint density at radius 3 is 2.79 bits per heavy atom. The van der Waals surface area contributed by atoms with E-state index in [1.807, 2.05) is 6.92 Å². The van der Waals surface area contributed by atoms with Gasteiger partial charge in [0.2, 0.25) is 0 Å². The van der Waals surface area contributed by atoms with E-state index in [-0.39, 0.29) is 30.2 Å². The Hall–Kier alpha value is -1.54. The van der Waals surface area contributed by atoms with Crippen LogP contribution in [0.3, 0.4) is 0 Å². The van der Waals surface area contributed by atoms with E-state index < -0.39 is 15.1 Å². The van der Waals surface area contributed by atoms with Crippen LogP contribution >= 0.6 is 0 Å². The van der Waals surface area contributed by atoms with E-state index in [2.05, 4.69) is 15.5 Å². The van der Waals surface area contributed by atoms with Gasteiger partial charge in [0.05, 0.1) is 17.2 Å². The summed E-state index contributed by atoms with van der Waals surface area (Å²) in [5, 5.41) is 10.3. The summed E-state index contributed by atoms with van der Waals surface area (Å²) in [6.45, 7) is 2.10. The van der Waals surface area contributed by atoms with Crippen molar-refractivity contribution in [2.45, 2.75) is 49.8 Å². The maximum atomic E-state index is 12.4. The van der Waals surface area contributed by atoms with Crippen LogP contribution in [0.25, 0.3) is 0 Å². The quantitative estimate of drug-likeness (QED) is 0.776. The van der Waals surface area contributed by atoms with Crippen molar-refractivity contribution in [3.8, 4) is 0 Å². The van der Waals surface area contributed by atoms with Crippen molar-refractivity contribution in [3.05, 3.63) is 23.5 Å². The molecule has 3 N–H and O–H groups in total. The molecule has 8 heteroatoms. The molecule has 24 heavy (non-hydrogen) atoms. The lowest BCUT2D eigenvalue weighted by atomic mass is 10.1. The van der Waals surface area contributed by atoms with Crippen molar-refractivity contribution in [1.82, 2.24) is 15.5 Å². The minimum atomic E-state index is -3.19. The molecule has 0 aromatic carbocycles. The fourth-order valence-electron chi connectivity index (χ4n) is 3.39. The first-order chi connectivity index (χ1) is 11.4. The molecule has 1 aromatic rings. The SMILES string of the molecule is C[C@H]1CC(S(=O)(=O)CCN)C[C@H]1NC(=O)c1cc(C2CC2)cnn1. The van der Waals surface area contributed by atoms with Crippen LogP contribution in [0.4, 0.5) is 0 Å². The first-order valence-corrected chi connectivity index (χ1v) is 10.2. The average Bonchev–Trinajstić information content (AvgIpc) is 3.32. The van der Waals surface area contributed by atoms with Gasteiger partial charge >= 0.3 is 0 Å². The lowest BCUT2D eigenvalue weighted by Gasteiger charge is -2.16. The summed E-state index contributed by atoms with van der Waals surface area (Å²) in [5.41, 5.74) is 6.75. The molecular formula is C16H24N4O3S. The largest absolute Gasteiger partial charge is 0.348 e. The highest BCUT2D eigenvalue weighted by atomic mass is 32.2. The average molecular weight is 352 g/mol. The monoisotopic (exact) mass is 352 g/mol. The zero-order valence-corrected chi connectivity index (χ0v) is 14.6. The smallest absolute Gasteiger partial charge is 0.272 e. The molecule has 1 aromatic heterocycles. The molecule has 1 heterocycles. The number of nitrogens with zero attached hydrogens (tertiary/aromatic N) is 2. The van der Waals surface area contributed by atoms with Crippen LogP contribution in [-0.2, 0) is 9.84 Å². The molecule has 1 unspecified atom stereocenters. The molecule has 3 atom stereocenters. The van der Waals surface area contributed by atoms with Crippen LogP contribution in [0.5, 0.6) is 0 Å². The number of carbonyl (C=O) groups excluding carboxylic acids is 1. The van der Waals surface area contributed by atoms with Crippen molar-refractivity contribution >= 4 is 15.7 Å². The van der Waals surface area contributed by atoms with E-state index in [4.69, 9.17) is 5.73 Å². The van der Waals surface area contributed by atoms with E-state index >= 15 is 0 Å². The summed E-state index contributed by atoms with van der Waals surface area (Å²) in [5.74, 6) is 0.327. The molecule has 3 rings (SSSR count). The maximum Gasteiger partial charge on any atom is 0.272 e. The Kier molecular flexibility index (Phi) is 4.87. The van der Waals surface area contributed by atoms with Gasteiger partial charge in [-0.2, -0.15) is 5.10 Å². The predicted octanol–water partition coefficient (Wildman–Crippen LogP) is 0.624. The number of nitrogens with two attached hydrogens (primary N) is 1. The van der Waals surface area contributed by atoms with Gasteiger partial charge < -0.3 is 11.1 Å². The van der Waals surface area contributed by atoms with Crippen molar-refractivity contribution in [2.24, 2.45) is 11.7 Å². The minimum Gasteiger partial charge on any atom is -0.348 e. The Bertz CT molecular complexity index is 718. The van der Waals surface area contributed by atoms with Gasteiger partial charge in [-0.25, -0.2) is 8.42 Å². The fraction of sp³-hybridized carbons (Fsp3) is 0.688. The van der Waals surface area contributed by atoms with Gasteiger partial charge in [0.25, 0.3) is 5.91 Å². The van der Waals surface area contributed by atoms with Gasteiger partial charge in [0, 0.05) is 12.6 Å². The van der Waals surface area contributed by atoms with Crippen molar-refractivity contribution in [1.29, 1.82) is 0 Å². The standard InChI is InChI=1S/C16H24N4O3S/c1-10-6-13(24(22,23)5-4-17)8-14(10)19-16(21)15-7-12(9-18-20-15)11-2-3-11/h7,9-11,13-14H,2-6,8,17H2,1H3,(H,19,21)/t10-,13?,14+/m0/s1. The number of sulfone groups is 1. The first-order valence-electron chi connectivity index (χ1n) is 8.46. The molecule has 2 aliphatic carbocycles. The molecule has 0 aliphatic heterocycles. The van der Waals surface area contributed by atoms with Crippen LogP contribution in [0.1, 0.15) is 54.6 Å². The third kappa shape index (κ3) is 3.75. The molecule has 2 saturated carbocycles. The number of aromatic nitrogens is 2. The Morgan fingerprint density at radius 2 is 2.12 bits per heavy atom. The molecule has 0 bridgehead atoms. The second kappa shape index (κ2) is 6.76. The van der Waals surface area contributed by atoms with E-state index in [0.29, 0.717) is 24.5 Å². The molecule has 1 amide bonds. The minimum absolute atomic E-state index is 0.0000374. The first kappa shape index (κ1) is 17.3. The highest BCUT2D eigenvalue weighted by molar-refractivity contribution is 7.92. The molecular weight excluding hydrogens is 328 g/mol. The normalized spacial score (nSPS) is 27.2. The third-order valence-corrected chi connectivity index (χ3v) is 7.23. The number of hydrogen-bond donors (Lipinski definition) is 2. The molecule has 0 spiro atoms. The lowest BCUT2D eigenvalue weighted by molar-refractivity contribution is 0.0923. The topological polar surface area (TPSA) is 115 Å². The van der Waals surface area contributed by atoms with Crippen LogP contribution < -0.4 is 11.1 Å². The van der Waals surface area contributed by atoms with E-state index in [9.17, 15) is 13.2 Å². The maximum absolute atomic E-state index is 12.4. The van der Waals surface area contributed by atoms with Crippen LogP contribution in [0.15, 0.2) is 12.3 Å². The van der Waals surface area contributed by atoms with Gasteiger partial charge in [0.15, 0.2) is 15.5 Å². The van der Waals surface area contributed by atoms with E-state index in [1.165, 1.54) is 0 Å². The van der Waals surface area contributed by atoms with Gasteiger partial charge in [-0.15, -0.1) is 5.10 Å². The zero-order valence-electron chi connectivity index (χ0n) is 13.8. The summed E-state index contributed by atoms with van der Waals surface area (Å²) < 4.78 is 24.4. The number of carbonyl (C=O) groups is 1. The molecule has 132 valence electrons. The van der Waals surface area contributed by atoms with Crippen LogP contribution in [-0.4, -0.2) is 48.1 Å². The molecule has 7 nitrogen and oxygen atoms in total. The Labute approximate surface area is 142 Å². The highest BCUT2D eigenvalue weighted by Gasteiger charge is 2.39. The van der Waals surface area contributed by atoms with Gasteiger partial charge in [-0.1, -0.05) is 6.92 Å². The molecule has 0 radical (unpaired) electrons. The Morgan fingerprint density at radius 1 is 1.38 bits per heavy atom. The molecule has 0 saturated heterocycles. The highest BCUT2D eigenvalue weighted by Crippen LogP contribution is 2.39. The summed E-state index contributed by atoms with van der Waals surface area (Å²) in [4.78, 5) is 12.4. The number of nitrogens with one attached hydrogen (secondary N) is 1. The van der Waals surface area contributed by atoms with Crippen LogP contribution in [0.2, 0.25) is 0 Å². The second-order valence-electron chi connectivity index (χ2n) is 6.95. The molecule has 2 fully saturated rings. The van der Waals surface area contributed by atoms with Crippen molar-refractivity contribution in [3.63, 3.8) is 0 Å². The van der Waals surface area contributed by atoms with Gasteiger partial charge in [-0.3, -0.25) is 4.79 Å². The summed E-state index contributed by atoms with van der Waals surface area (Å²) in [6.07, 6.45) is 4.97. The number of hydrogen-bond acceptors (Lipinski definition) is 6. The number of amides is 1. The van der Waals surface area contributed by atoms with E-state index in [0.717, 1.165) is 18.4 Å². The predicted molar refractivity (Wildman–Crippen MR) is 90.3 cm³/mol. The summed E-state index contributed by atoms with van der Waals surface area (Å²) in [6, 6.07) is 1.63. The van der Waals surface area contributed by atoms with Crippen LogP contribution in [0, 0.1) is 5.92 Å². The van der Waals surface area contributed by atoms with Crippen molar-refractivity contribution < 1.29 is 13.2 Å². The summed E-state index contributed by atoms with van der Waals surface area (Å²) in [7, 11) is -3.19. The van der Waals surface area contributed by atoms with E-state index in [1.54, 1.807) is 12.3 Å². The fourth-order valence-corrected chi connectivity index (χ4v) is 5.15. The number of rotatable bonds is 6. The van der Waals surface area contributed by atoms with Gasteiger partial charge in [-0.05, 0) is 49.1 Å². The third-order valence-electron chi connectivity index (χ3n) is 5.02. The van der Waals surface area contributed by atoms with Gasteiger partial charge in [0.1, 0.15) is 0 Å². The van der Waals surface area contributed by atoms with Crippen molar-refractivity contribution in [2.75, 3.05) is 12.3 Å². The Balaban J connectivity index is 1.65. The second-order valence-corrected chi connectivity index (χ2v) is 9.36. The molecule has 2 aliphatic rings. The zero-order chi connectivity index (χ0) is 17.3.